The Kier molecular flexibility index (Phi) is 16.0. The van der Waals surface area contributed by atoms with E-state index in [1.807, 2.05) is 74.5 Å². The molecule has 3 aromatic carbocycles. The van der Waals surface area contributed by atoms with Crippen LogP contribution in [0.3, 0.4) is 0 Å². The maximum atomic E-state index is 12.6. The topological polar surface area (TPSA) is 199 Å². The highest BCUT2D eigenvalue weighted by Crippen LogP contribution is 2.44. The van der Waals surface area contributed by atoms with Gasteiger partial charge in [0.2, 0.25) is 0 Å². The molecule has 0 saturated carbocycles. The minimum absolute atomic E-state index is 0. The molecule has 3 aliphatic heterocycles. The van der Waals surface area contributed by atoms with Crippen molar-refractivity contribution in [3.63, 3.8) is 0 Å². The summed E-state index contributed by atoms with van der Waals surface area (Å²) in [7, 11) is 2.56. The number of likely N-dealkylation sites (tertiary alicyclic amines) is 2. The molecule has 0 aromatic heterocycles. The standard InChI is InChI=1S/C20H22N2O2.C17H12N4O7.4CH4/c1-3-21-19(23)17-11-7-15(8-12-17)5-6-16-9-13-18(14-10-16)20(24)22-4-2;1-18-10(22)7-3-4-8-9(5-7)12(24)20(11(8)23)6-21-15(27)17(16(21)28)13(25)19(2)14(17)26;;;;/h5-14H,3-4H2,1-2H3,(H,21,23)(H,22,24);3-5H,6H2,1-2H3,(H,18,22);4*1H4/b6-5+;;;;;. The van der Waals surface area contributed by atoms with Crippen LogP contribution in [0.5, 0.6) is 0 Å². The monoisotopic (exact) mass is 770 g/mol. The highest BCUT2D eigenvalue weighted by atomic mass is 16.2. The van der Waals surface area contributed by atoms with Crippen molar-refractivity contribution in [1.29, 1.82) is 0 Å². The molecule has 9 amide bonds. The third kappa shape index (κ3) is 8.16. The number of hydrogen-bond donors (Lipinski definition) is 3. The van der Waals surface area contributed by atoms with E-state index in [0.29, 0.717) is 38.9 Å². The maximum absolute atomic E-state index is 12.6. The molecule has 15 nitrogen and oxygen atoms in total. The Bertz CT molecular complexity index is 1980. The Hall–Kier alpha value is -6.77. The van der Waals surface area contributed by atoms with E-state index < -0.39 is 53.4 Å². The molecule has 56 heavy (non-hydrogen) atoms. The van der Waals surface area contributed by atoms with Crippen molar-refractivity contribution in [2.75, 3.05) is 33.9 Å². The Morgan fingerprint density at radius 2 is 0.982 bits per heavy atom. The van der Waals surface area contributed by atoms with Crippen LogP contribution >= 0.6 is 0 Å². The molecular formula is C41H50N6O9. The lowest BCUT2D eigenvalue weighted by molar-refractivity contribution is -0.199. The molecule has 0 radical (unpaired) electrons. The zero-order chi connectivity index (χ0) is 37.9. The number of carbonyl (C=O) groups excluding carboxylic acids is 9. The van der Waals surface area contributed by atoms with Crippen LogP contribution in [-0.2, 0) is 19.2 Å². The van der Waals surface area contributed by atoms with Crippen LogP contribution in [0.25, 0.3) is 12.2 Å². The summed E-state index contributed by atoms with van der Waals surface area (Å²) in [6, 6.07) is 18.8. The van der Waals surface area contributed by atoms with Gasteiger partial charge in [-0.05, 0) is 67.4 Å². The van der Waals surface area contributed by atoms with Gasteiger partial charge in [-0.15, -0.1) is 0 Å². The van der Waals surface area contributed by atoms with Crippen LogP contribution in [0.1, 0.15) is 106 Å². The number of amides is 9. The van der Waals surface area contributed by atoms with Crippen molar-refractivity contribution in [3.8, 4) is 0 Å². The first kappa shape index (κ1) is 47.3. The first-order valence-corrected chi connectivity index (χ1v) is 16.2. The SMILES string of the molecule is C.C.C.C.CCNC(=O)c1ccc(/C=C/c2ccc(C(=O)NCC)cc2)cc1.CNC(=O)c1ccc2c(c1)C(=O)N(CN1C(=O)C3(C(=O)N(C)C3=O)C1=O)C2=O. The summed E-state index contributed by atoms with van der Waals surface area (Å²) >= 11 is 0. The van der Waals surface area contributed by atoms with Crippen molar-refractivity contribution in [2.45, 2.75) is 43.6 Å². The molecule has 3 heterocycles. The fourth-order valence-electron chi connectivity index (χ4n) is 5.72. The Labute approximate surface area is 327 Å². The maximum Gasteiger partial charge on any atom is 0.285 e. The van der Waals surface area contributed by atoms with Gasteiger partial charge in [-0.25, -0.2) is 0 Å². The second-order valence-corrected chi connectivity index (χ2v) is 11.8. The number of rotatable bonds is 9. The molecule has 15 heteroatoms. The van der Waals surface area contributed by atoms with Gasteiger partial charge in [0.1, 0.15) is 6.67 Å². The lowest BCUT2D eigenvalue weighted by Gasteiger charge is -2.51. The third-order valence-corrected chi connectivity index (χ3v) is 8.61. The van der Waals surface area contributed by atoms with E-state index in [-0.39, 0.29) is 58.2 Å². The van der Waals surface area contributed by atoms with Crippen molar-refractivity contribution in [3.05, 3.63) is 106 Å². The first-order chi connectivity index (χ1) is 24.8. The van der Waals surface area contributed by atoms with Gasteiger partial charge >= 0.3 is 0 Å². The molecule has 0 unspecified atom stereocenters. The summed E-state index contributed by atoms with van der Waals surface area (Å²) in [4.78, 5) is 110. The van der Waals surface area contributed by atoms with E-state index in [4.69, 9.17) is 0 Å². The average molecular weight is 771 g/mol. The van der Waals surface area contributed by atoms with Crippen molar-refractivity contribution in [1.82, 2.24) is 30.7 Å². The van der Waals surface area contributed by atoms with Gasteiger partial charge in [0.05, 0.1) is 11.1 Å². The molecule has 3 aromatic rings. The van der Waals surface area contributed by atoms with E-state index >= 15 is 0 Å². The van der Waals surface area contributed by atoms with E-state index in [2.05, 4.69) is 16.0 Å². The highest BCUT2D eigenvalue weighted by molar-refractivity contribution is 6.52. The highest BCUT2D eigenvalue weighted by Gasteiger charge is 2.79. The van der Waals surface area contributed by atoms with Gasteiger partial charge in [0.15, 0.2) is 0 Å². The van der Waals surface area contributed by atoms with E-state index in [1.54, 1.807) is 0 Å². The molecule has 3 N–H and O–H groups in total. The van der Waals surface area contributed by atoms with Gasteiger partial charge < -0.3 is 16.0 Å². The van der Waals surface area contributed by atoms with Crippen LogP contribution in [0, 0.1) is 5.41 Å². The van der Waals surface area contributed by atoms with Crippen molar-refractivity contribution >= 4 is 65.3 Å². The van der Waals surface area contributed by atoms with Crippen molar-refractivity contribution < 1.29 is 43.2 Å². The number of hydrogen-bond acceptors (Lipinski definition) is 9. The van der Waals surface area contributed by atoms with E-state index in [0.717, 1.165) is 18.2 Å². The van der Waals surface area contributed by atoms with Gasteiger partial charge in [-0.3, -0.25) is 57.9 Å². The number of β-lactam (4-membered cyclic amide) rings is 4. The quantitative estimate of drug-likeness (QED) is 0.125. The molecule has 2 fully saturated rings. The minimum atomic E-state index is -2.36. The smallest absolute Gasteiger partial charge is 0.285 e. The van der Waals surface area contributed by atoms with Crippen molar-refractivity contribution in [2.24, 2.45) is 5.41 Å². The van der Waals surface area contributed by atoms with Gasteiger partial charge in [-0.2, -0.15) is 0 Å². The summed E-state index contributed by atoms with van der Waals surface area (Å²) < 4.78 is 0. The number of nitrogens with zero attached hydrogens (tertiary/aromatic N) is 3. The number of fused-ring (bicyclic) bond motifs is 1. The molecule has 0 aliphatic carbocycles. The van der Waals surface area contributed by atoms with Gasteiger partial charge in [0, 0.05) is 43.9 Å². The second-order valence-electron chi connectivity index (χ2n) is 11.8. The minimum Gasteiger partial charge on any atom is -0.355 e. The number of nitrogens with one attached hydrogen (secondary N) is 3. The Morgan fingerprint density at radius 3 is 1.39 bits per heavy atom. The molecule has 0 bridgehead atoms. The summed E-state index contributed by atoms with van der Waals surface area (Å²) in [5.74, 6) is -6.11. The first-order valence-electron chi connectivity index (χ1n) is 16.2. The Balaban J connectivity index is 0.000000529. The molecule has 3 aliphatic rings. The van der Waals surface area contributed by atoms with E-state index in [9.17, 15) is 43.2 Å². The molecule has 6 rings (SSSR count). The lowest BCUT2D eigenvalue weighted by atomic mass is 9.69. The number of benzene rings is 3. The molecular weight excluding hydrogens is 720 g/mol. The largest absolute Gasteiger partial charge is 0.355 e. The summed E-state index contributed by atoms with van der Waals surface area (Å²) in [6.07, 6.45) is 3.95. The molecule has 0 atom stereocenters. The third-order valence-electron chi connectivity index (χ3n) is 8.61. The van der Waals surface area contributed by atoms with Gasteiger partial charge in [0.25, 0.3) is 58.6 Å². The summed E-state index contributed by atoms with van der Waals surface area (Å²) in [6.45, 7) is 4.31. The number of imide groups is 3. The molecule has 1 spiro atoms. The zero-order valence-electron chi connectivity index (χ0n) is 28.6. The van der Waals surface area contributed by atoms with Crippen LogP contribution in [0.2, 0.25) is 0 Å². The molecule has 2 saturated heterocycles. The fraction of sp³-hybridized carbons (Fsp3) is 0.293. The lowest BCUT2D eigenvalue weighted by Crippen LogP contribution is -2.84. The van der Waals surface area contributed by atoms with Gasteiger partial charge in [-0.1, -0.05) is 66.1 Å². The zero-order valence-corrected chi connectivity index (χ0v) is 28.6. The second kappa shape index (κ2) is 19.0. The van der Waals surface area contributed by atoms with Crippen LogP contribution in [-0.4, -0.2) is 102 Å². The number of carbonyl (C=O) groups is 9. The fourth-order valence-corrected chi connectivity index (χ4v) is 5.72. The van der Waals surface area contributed by atoms with E-state index in [1.165, 1.54) is 25.2 Å². The van der Waals surface area contributed by atoms with Crippen LogP contribution in [0.4, 0.5) is 0 Å². The van der Waals surface area contributed by atoms with Crippen LogP contribution in [0.15, 0.2) is 66.7 Å². The van der Waals surface area contributed by atoms with Crippen LogP contribution < -0.4 is 16.0 Å². The normalized spacial score (nSPS) is 14.5. The predicted molar refractivity (Wildman–Crippen MR) is 212 cm³/mol. The summed E-state index contributed by atoms with van der Waals surface area (Å²) in [5.41, 5.74) is 1.10. The Morgan fingerprint density at radius 1 is 0.571 bits per heavy atom. The predicted octanol–water partition coefficient (Wildman–Crippen LogP) is 3.85. The average Bonchev–Trinajstić information content (AvgIpc) is 3.40. The molecule has 298 valence electrons. The summed E-state index contributed by atoms with van der Waals surface area (Å²) in [5, 5.41) is 7.94.